The summed E-state index contributed by atoms with van der Waals surface area (Å²) in [5, 5.41) is 0. The number of carbonyl (C=O) groups is 1. The smallest absolute Gasteiger partial charge is 0.422 e. The first-order valence-electron chi connectivity index (χ1n) is 11.2. The molecule has 0 aromatic heterocycles. The lowest BCUT2D eigenvalue weighted by Gasteiger charge is -2.18. The molecule has 0 saturated heterocycles. The van der Waals surface area contributed by atoms with Crippen molar-refractivity contribution in [3.63, 3.8) is 0 Å². The van der Waals surface area contributed by atoms with Gasteiger partial charge in [0.05, 0.1) is 0 Å². The van der Waals surface area contributed by atoms with Crippen LogP contribution in [0.5, 0.6) is 0 Å². The fraction of sp³-hybridized carbons (Fsp3) is 0.0645. The van der Waals surface area contributed by atoms with E-state index in [9.17, 15) is 4.79 Å². The molecule has 0 aliphatic carbocycles. The lowest BCUT2D eigenvalue weighted by Crippen LogP contribution is -2.14. The third kappa shape index (κ3) is 6.81. The quantitative estimate of drug-likeness (QED) is 0.257. The predicted molar refractivity (Wildman–Crippen MR) is 137 cm³/mol. The monoisotopic (exact) mass is 446 g/mol. The van der Waals surface area contributed by atoms with Crippen LogP contribution in [-0.4, -0.2) is 6.16 Å². The van der Waals surface area contributed by atoms with Gasteiger partial charge in [0.15, 0.2) is 0 Å². The molecular weight excluding hydrogens is 420 g/mol. The van der Waals surface area contributed by atoms with Gasteiger partial charge in [0, 0.05) is 0 Å². The maximum atomic E-state index is 12.9. The summed E-state index contributed by atoms with van der Waals surface area (Å²) in [5.74, 6) is 0. The normalized spacial score (nSPS) is 12.9. The summed E-state index contributed by atoms with van der Waals surface area (Å²) in [7, 11) is 0. The number of ether oxygens (including phenoxy) is 2. The Hall–Kier alpha value is -4.37. The minimum absolute atomic E-state index is 0.580. The number of rotatable bonds is 8. The van der Waals surface area contributed by atoms with Crippen molar-refractivity contribution in [1.82, 2.24) is 0 Å². The third-order valence-electron chi connectivity index (χ3n) is 5.23. The largest absolute Gasteiger partial charge is 0.510 e. The van der Waals surface area contributed by atoms with Crippen LogP contribution < -0.4 is 0 Å². The Labute approximate surface area is 200 Å². The van der Waals surface area contributed by atoms with Crippen LogP contribution in [0.15, 0.2) is 133 Å². The molecule has 0 amide bonds. The second-order valence-corrected chi connectivity index (χ2v) is 7.69. The van der Waals surface area contributed by atoms with Crippen LogP contribution in [0.25, 0.3) is 12.2 Å². The van der Waals surface area contributed by atoms with Crippen LogP contribution in [0, 0.1) is 0 Å². The molecule has 0 heterocycles. The van der Waals surface area contributed by atoms with E-state index in [2.05, 4.69) is 0 Å². The molecule has 2 atom stereocenters. The number of carbonyl (C=O) groups excluding carboxylic acids is 1. The van der Waals surface area contributed by atoms with Gasteiger partial charge in [-0.2, -0.15) is 0 Å². The molecule has 4 aromatic carbocycles. The molecule has 0 radical (unpaired) electrons. The van der Waals surface area contributed by atoms with Crippen LogP contribution in [0.2, 0.25) is 0 Å². The lowest BCUT2D eigenvalue weighted by atomic mass is 10.1. The summed E-state index contributed by atoms with van der Waals surface area (Å²) in [4.78, 5) is 12.9. The van der Waals surface area contributed by atoms with Crippen LogP contribution in [0.1, 0.15) is 34.5 Å². The second-order valence-electron chi connectivity index (χ2n) is 7.69. The zero-order chi connectivity index (χ0) is 23.4. The molecule has 0 bridgehead atoms. The summed E-state index contributed by atoms with van der Waals surface area (Å²) < 4.78 is 11.6. The molecule has 4 aromatic rings. The third-order valence-corrected chi connectivity index (χ3v) is 5.23. The van der Waals surface area contributed by atoms with E-state index in [1.807, 2.05) is 146 Å². The zero-order valence-corrected chi connectivity index (χ0v) is 18.7. The Morgan fingerprint density at radius 1 is 0.500 bits per heavy atom. The van der Waals surface area contributed by atoms with Crippen LogP contribution >= 0.6 is 0 Å². The first-order valence-corrected chi connectivity index (χ1v) is 11.2. The van der Waals surface area contributed by atoms with Crippen LogP contribution in [-0.2, 0) is 9.47 Å². The number of hydrogen-bond acceptors (Lipinski definition) is 3. The van der Waals surface area contributed by atoms with Gasteiger partial charge in [0.1, 0.15) is 12.2 Å². The van der Waals surface area contributed by atoms with Crippen molar-refractivity contribution in [2.75, 3.05) is 0 Å². The topological polar surface area (TPSA) is 35.5 Å². The van der Waals surface area contributed by atoms with Crippen molar-refractivity contribution in [3.05, 3.63) is 156 Å². The van der Waals surface area contributed by atoms with Gasteiger partial charge in [0.2, 0.25) is 0 Å². The minimum atomic E-state index is -0.738. The summed E-state index contributed by atoms with van der Waals surface area (Å²) >= 11 is 0. The van der Waals surface area contributed by atoms with Crippen molar-refractivity contribution in [2.24, 2.45) is 0 Å². The zero-order valence-electron chi connectivity index (χ0n) is 18.7. The van der Waals surface area contributed by atoms with Gasteiger partial charge in [0.25, 0.3) is 0 Å². The van der Waals surface area contributed by atoms with Crippen molar-refractivity contribution in [2.45, 2.75) is 12.2 Å². The van der Waals surface area contributed by atoms with Crippen LogP contribution in [0.3, 0.4) is 0 Å². The summed E-state index contributed by atoms with van der Waals surface area (Å²) in [6, 6.07) is 39.0. The standard InChI is InChI=1S/C31H26O3/c32-31(33-29(27-17-9-3-10-18-27)23-21-25-13-5-1-6-14-25)34-30(28-19-11-4-12-20-28)24-22-26-15-7-2-8-16-26/h1-24,29-30H/b23-21+,24-22+. The number of benzene rings is 4. The molecule has 0 saturated carbocycles. The Bertz CT molecular complexity index is 1100. The minimum Gasteiger partial charge on any atom is -0.422 e. The second kappa shape index (κ2) is 12.0. The average molecular weight is 447 g/mol. The maximum absolute atomic E-state index is 12.9. The van der Waals surface area contributed by atoms with E-state index in [-0.39, 0.29) is 0 Å². The Balaban J connectivity index is 1.53. The number of hydrogen-bond donors (Lipinski definition) is 0. The highest BCUT2D eigenvalue weighted by Crippen LogP contribution is 2.25. The molecule has 0 N–H and O–H groups in total. The summed E-state index contributed by atoms with van der Waals surface area (Å²) in [5.41, 5.74) is 3.77. The van der Waals surface area contributed by atoms with Gasteiger partial charge in [-0.1, -0.05) is 133 Å². The molecule has 168 valence electrons. The van der Waals surface area contributed by atoms with Gasteiger partial charge in [-0.25, -0.2) is 4.79 Å². The van der Waals surface area contributed by atoms with Gasteiger partial charge in [-0.3, -0.25) is 0 Å². The predicted octanol–water partition coefficient (Wildman–Crippen LogP) is 8.05. The van der Waals surface area contributed by atoms with Crippen molar-refractivity contribution in [3.8, 4) is 0 Å². The molecule has 4 rings (SSSR count). The van der Waals surface area contributed by atoms with Crippen molar-refractivity contribution >= 4 is 18.3 Å². The van der Waals surface area contributed by atoms with E-state index >= 15 is 0 Å². The molecule has 0 spiro atoms. The van der Waals surface area contributed by atoms with E-state index in [0.717, 1.165) is 22.3 Å². The molecular formula is C31H26O3. The van der Waals surface area contributed by atoms with Gasteiger partial charge in [-0.15, -0.1) is 0 Å². The van der Waals surface area contributed by atoms with Gasteiger partial charge in [-0.05, 0) is 34.4 Å². The summed E-state index contributed by atoms with van der Waals surface area (Å²) in [6.45, 7) is 0. The highest BCUT2D eigenvalue weighted by molar-refractivity contribution is 5.63. The van der Waals surface area contributed by atoms with Gasteiger partial charge >= 0.3 is 6.16 Å². The Morgan fingerprint density at radius 3 is 1.18 bits per heavy atom. The van der Waals surface area contributed by atoms with E-state index in [4.69, 9.17) is 9.47 Å². The fourth-order valence-corrected chi connectivity index (χ4v) is 3.48. The van der Waals surface area contributed by atoms with Crippen LogP contribution in [0.4, 0.5) is 4.79 Å². The van der Waals surface area contributed by atoms with E-state index < -0.39 is 18.4 Å². The molecule has 0 fully saturated rings. The molecule has 2 unspecified atom stereocenters. The highest BCUT2D eigenvalue weighted by Gasteiger charge is 2.19. The van der Waals surface area contributed by atoms with E-state index in [1.54, 1.807) is 0 Å². The summed E-state index contributed by atoms with van der Waals surface area (Å²) in [6.07, 6.45) is 5.71. The molecule has 3 heteroatoms. The average Bonchev–Trinajstić information content (AvgIpc) is 2.91. The Morgan fingerprint density at radius 2 is 0.824 bits per heavy atom. The first-order chi connectivity index (χ1) is 16.8. The van der Waals surface area contributed by atoms with Gasteiger partial charge < -0.3 is 9.47 Å². The van der Waals surface area contributed by atoms with Crippen molar-refractivity contribution < 1.29 is 14.3 Å². The molecule has 0 aliphatic rings. The maximum Gasteiger partial charge on any atom is 0.510 e. The molecule has 0 aliphatic heterocycles. The Kier molecular flexibility index (Phi) is 8.07. The molecule has 34 heavy (non-hydrogen) atoms. The van der Waals surface area contributed by atoms with E-state index in [0.29, 0.717) is 0 Å². The molecule has 3 nitrogen and oxygen atoms in total. The highest BCUT2D eigenvalue weighted by atomic mass is 16.7. The lowest BCUT2D eigenvalue weighted by molar-refractivity contribution is 0.0206. The fourth-order valence-electron chi connectivity index (χ4n) is 3.48. The van der Waals surface area contributed by atoms with E-state index in [1.165, 1.54) is 0 Å². The SMILES string of the molecule is O=C(OC(/C=C/c1ccccc1)c1ccccc1)OC(/C=C/c1ccccc1)c1ccccc1. The van der Waals surface area contributed by atoms with Crippen molar-refractivity contribution in [1.29, 1.82) is 0 Å². The first kappa shape index (κ1) is 22.8.